The van der Waals surface area contributed by atoms with E-state index in [0.717, 1.165) is 16.5 Å². The van der Waals surface area contributed by atoms with Crippen LogP contribution in [0.5, 0.6) is 5.75 Å². The fourth-order valence-electron chi connectivity index (χ4n) is 3.30. The minimum atomic E-state index is -0.375. The van der Waals surface area contributed by atoms with E-state index in [1.54, 1.807) is 19.1 Å². The first kappa shape index (κ1) is 19.4. The summed E-state index contributed by atoms with van der Waals surface area (Å²) in [6.07, 6.45) is 3.34. The van der Waals surface area contributed by atoms with E-state index in [0.29, 0.717) is 17.9 Å². The zero-order valence-electron chi connectivity index (χ0n) is 16.3. The van der Waals surface area contributed by atoms with Crippen LogP contribution in [0.3, 0.4) is 0 Å². The van der Waals surface area contributed by atoms with Crippen molar-refractivity contribution in [1.82, 2.24) is 9.55 Å². The lowest BCUT2D eigenvalue weighted by Crippen LogP contribution is -2.22. The third kappa shape index (κ3) is 4.25. The SMILES string of the molecule is Cc1cc(=O)c(OCC(=O)Nc2cccc3c2ccn3Cc2cccc(F)c2)c[nH]1. The second kappa shape index (κ2) is 8.24. The topological polar surface area (TPSA) is 76.1 Å². The highest BCUT2D eigenvalue weighted by Crippen LogP contribution is 2.25. The van der Waals surface area contributed by atoms with E-state index in [1.807, 2.05) is 35.0 Å². The fourth-order valence-corrected chi connectivity index (χ4v) is 3.30. The lowest BCUT2D eigenvalue weighted by molar-refractivity contribution is -0.118. The number of hydrogen-bond donors (Lipinski definition) is 2. The van der Waals surface area contributed by atoms with Gasteiger partial charge in [-0.05, 0) is 42.8 Å². The Morgan fingerprint density at radius 1 is 1.17 bits per heavy atom. The summed E-state index contributed by atoms with van der Waals surface area (Å²) in [4.78, 5) is 27.1. The van der Waals surface area contributed by atoms with Crippen molar-refractivity contribution in [1.29, 1.82) is 0 Å². The summed E-state index contributed by atoms with van der Waals surface area (Å²) in [5.74, 6) is -0.556. The van der Waals surface area contributed by atoms with E-state index in [4.69, 9.17) is 4.74 Å². The first-order valence-corrected chi connectivity index (χ1v) is 9.44. The molecule has 0 aliphatic heterocycles. The van der Waals surface area contributed by atoms with Gasteiger partial charge in [-0.15, -0.1) is 0 Å². The average molecular weight is 405 g/mol. The van der Waals surface area contributed by atoms with Crippen LogP contribution < -0.4 is 15.5 Å². The molecule has 2 heterocycles. The van der Waals surface area contributed by atoms with E-state index in [-0.39, 0.29) is 29.5 Å². The number of nitrogens with one attached hydrogen (secondary N) is 2. The summed E-state index contributed by atoms with van der Waals surface area (Å²) in [7, 11) is 0. The normalized spacial score (nSPS) is 10.9. The molecule has 30 heavy (non-hydrogen) atoms. The maximum atomic E-state index is 13.5. The highest BCUT2D eigenvalue weighted by Gasteiger charge is 2.11. The van der Waals surface area contributed by atoms with Crippen LogP contribution in [0, 0.1) is 12.7 Å². The Morgan fingerprint density at radius 3 is 2.80 bits per heavy atom. The fraction of sp³-hybridized carbons (Fsp3) is 0.130. The molecule has 0 saturated heterocycles. The van der Waals surface area contributed by atoms with Crippen LogP contribution in [0.4, 0.5) is 10.1 Å². The van der Waals surface area contributed by atoms with Gasteiger partial charge in [-0.1, -0.05) is 18.2 Å². The van der Waals surface area contributed by atoms with Crippen LogP contribution in [0.1, 0.15) is 11.3 Å². The molecule has 2 aromatic heterocycles. The molecule has 4 aromatic rings. The molecule has 1 amide bonds. The Kier molecular flexibility index (Phi) is 5.34. The van der Waals surface area contributed by atoms with Crippen LogP contribution in [0.15, 0.2) is 71.8 Å². The number of aromatic nitrogens is 2. The van der Waals surface area contributed by atoms with Gasteiger partial charge >= 0.3 is 0 Å². The Labute approximate surface area is 171 Å². The van der Waals surface area contributed by atoms with Gasteiger partial charge in [0.15, 0.2) is 12.4 Å². The summed E-state index contributed by atoms with van der Waals surface area (Å²) in [6, 6.07) is 15.3. The summed E-state index contributed by atoms with van der Waals surface area (Å²) in [5, 5.41) is 3.68. The van der Waals surface area contributed by atoms with E-state index >= 15 is 0 Å². The molecule has 6 nitrogen and oxygen atoms in total. The highest BCUT2D eigenvalue weighted by molar-refractivity contribution is 6.02. The number of H-pyrrole nitrogens is 1. The van der Waals surface area contributed by atoms with Crippen molar-refractivity contribution < 1.29 is 13.9 Å². The minimum absolute atomic E-state index is 0.0928. The van der Waals surface area contributed by atoms with Gasteiger partial charge in [0, 0.05) is 36.1 Å². The molecular formula is C23H20FN3O3. The second-order valence-corrected chi connectivity index (χ2v) is 6.99. The maximum absolute atomic E-state index is 13.5. The number of benzene rings is 2. The van der Waals surface area contributed by atoms with Crippen LogP contribution >= 0.6 is 0 Å². The van der Waals surface area contributed by atoms with Crippen LogP contribution in [-0.4, -0.2) is 22.1 Å². The number of fused-ring (bicyclic) bond motifs is 1. The Balaban J connectivity index is 1.48. The molecule has 7 heteroatoms. The molecule has 0 bridgehead atoms. The first-order chi connectivity index (χ1) is 14.5. The second-order valence-electron chi connectivity index (χ2n) is 6.99. The predicted molar refractivity (Wildman–Crippen MR) is 113 cm³/mol. The first-order valence-electron chi connectivity index (χ1n) is 9.44. The van der Waals surface area contributed by atoms with Crippen molar-refractivity contribution in [2.75, 3.05) is 11.9 Å². The third-order valence-electron chi connectivity index (χ3n) is 4.71. The number of anilines is 1. The number of ether oxygens (including phenoxy) is 1. The molecule has 0 saturated carbocycles. The summed E-state index contributed by atoms with van der Waals surface area (Å²) in [6.45, 7) is 1.99. The van der Waals surface area contributed by atoms with E-state index in [2.05, 4.69) is 10.3 Å². The van der Waals surface area contributed by atoms with Gasteiger partial charge in [0.2, 0.25) is 5.43 Å². The van der Waals surface area contributed by atoms with Gasteiger partial charge in [-0.3, -0.25) is 9.59 Å². The van der Waals surface area contributed by atoms with Gasteiger partial charge < -0.3 is 19.6 Å². The zero-order valence-corrected chi connectivity index (χ0v) is 16.3. The molecule has 0 fully saturated rings. The molecule has 2 aromatic carbocycles. The van der Waals surface area contributed by atoms with Crippen LogP contribution in [0.2, 0.25) is 0 Å². The summed E-state index contributed by atoms with van der Waals surface area (Å²) < 4.78 is 20.8. The number of amides is 1. The molecule has 0 aliphatic carbocycles. The van der Waals surface area contributed by atoms with Crippen molar-refractivity contribution in [2.45, 2.75) is 13.5 Å². The summed E-state index contributed by atoms with van der Waals surface area (Å²) in [5.41, 5.74) is 2.82. The Hall–Kier alpha value is -3.87. The van der Waals surface area contributed by atoms with Gasteiger partial charge in [0.05, 0.1) is 11.2 Å². The zero-order chi connectivity index (χ0) is 21.1. The standard InChI is InChI=1S/C23H20FN3O3/c1-15-10-21(28)22(12-25-15)30-14-23(29)26-19-6-3-7-20-18(19)8-9-27(20)13-16-4-2-5-17(24)11-16/h2-12H,13-14H2,1H3,(H,25,28)(H,26,29). The van der Waals surface area contributed by atoms with Crippen LogP contribution in [-0.2, 0) is 11.3 Å². The number of aryl methyl sites for hydroxylation is 1. The molecule has 0 aliphatic rings. The quantitative estimate of drug-likeness (QED) is 0.512. The number of nitrogens with zero attached hydrogens (tertiary/aromatic N) is 1. The van der Waals surface area contributed by atoms with E-state index in [9.17, 15) is 14.0 Å². The summed E-state index contributed by atoms with van der Waals surface area (Å²) >= 11 is 0. The molecule has 0 spiro atoms. The molecule has 0 radical (unpaired) electrons. The van der Waals surface area contributed by atoms with E-state index in [1.165, 1.54) is 24.4 Å². The number of halogens is 1. The largest absolute Gasteiger partial charge is 0.478 e. The molecule has 0 unspecified atom stereocenters. The third-order valence-corrected chi connectivity index (χ3v) is 4.71. The number of carbonyl (C=O) groups excluding carboxylic acids is 1. The van der Waals surface area contributed by atoms with Gasteiger partial charge in [-0.25, -0.2) is 4.39 Å². The average Bonchev–Trinajstić information content (AvgIpc) is 3.11. The molecule has 152 valence electrons. The Morgan fingerprint density at radius 2 is 2.00 bits per heavy atom. The number of pyridine rings is 1. The van der Waals surface area contributed by atoms with Crippen molar-refractivity contribution in [3.63, 3.8) is 0 Å². The highest BCUT2D eigenvalue weighted by atomic mass is 19.1. The van der Waals surface area contributed by atoms with Gasteiger partial charge in [0.1, 0.15) is 5.82 Å². The maximum Gasteiger partial charge on any atom is 0.262 e. The van der Waals surface area contributed by atoms with Crippen molar-refractivity contribution in [3.8, 4) is 5.75 Å². The number of aromatic amines is 1. The van der Waals surface area contributed by atoms with Gasteiger partial charge in [0.25, 0.3) is 5.91 Å². The number of rotatable bonds is 6. The lowest BCUT2D eigenvalue weighted by Gasteiger charge is -2.10. The minimum Gasteiger partial charge on any atom is -0.478 e. The van der Waals surface area contributed by atoms with Gasteiger partial charge in [-0.2, -0.15) is 0 Å². The van der Waals surface area contributed by atoms with Crippen LogP contribution in [0.25, 0.3) is 10.9 Å². The van der Waals surface area contributed by atoms with Crippen molar-refractivity contribution in [3.05, 3.63) is 94.3 Å². The Bertz CT molecular complexity index is 1280. The molecule has 4 rings (SSSR count). The monoisotopic (exact) mass is 405 g/mol. The van der Waals surface area contributed by atoms with Crippen molar-refractivity contribution >= 4 is 22.5 Å². The molecule has 0 atom stereocenters. The smallest absolute Gasteiger partial charge is 0.262 e. The number of carbonyl (C=O) groups is 1. The lowest BCUT2D eigenvalue weighted by atomic mass is 10.2. The molecule has 2 N–H and O–H groups in total. The van der Waals surface area contributed by atoms with E-state index < -0.39 is 0 Å². The predicted octanol–water partition coefficient (Wildman–Crippen LogP) is 3.84. The number of hydrogen-bond acceptors (Lipinski definition) is 3. The van der Waals surface area contributed by atoms with Crippen molar-refractivity contribution in [2.24, 2.45) is 0 Å². The molecular weight excluding hydrogens is 385 g/mol.